The monoisotopic (exact) mass is 236 g/mol. The fourth-order valence-electron chi connectivity index (χ4n) is 1.42. The fraction of sp³-hybridized carbons (Fsp3) is 0.462. The van der Waals surface area contributed by atoms with E-state index in [1.54, 1.807) is 25.1 Å². The number of nitrogens with zero attached hydrogens (tertiary/aromatic N) is 1. The Kier molecular flexibility index (Phi) is 5.33. The van der Waals surface area contributed by atoms with Crippen LogP contribution in [0, 0.1) is 0 Å². The van der Waals surface area contributed by atoms with E-state index < -0.39 is 0 Å². The minimum absolute atomic E-state index is 0.0910. The second kappa shape index (κ2) is 6.78. The van der Waals surface area contributed by atoms with E-state index in [9.17, 15) is 4.79 Å². The maximum absolute atomic E-state index is 11.8. The van der Waals surface area contributed by atoms with Crippen molar-refractivity contribution in [3.63, 3.8) is 0 Å². The van der Waals surface area contributed by atoms with Gasteiger partial charge in [0.05, 0.1) is 7.11 Å². The van der Waals surface area contributed by atoms with Crippen molar-refractivity contribution < 1.29 is 9.53 Å². The first kappa shape index (κ1) is 13.4. The first-order chi connectivity index (χ1) is 8.17. The second-order valence-electron chi connectivity index (χ2n) is 3.94. The lowest BCUT2D eigenvalue weighted by atomic mass is 10.3. The molecule has 1 aromatic rings. The third kappa shape index (κ3) is 4.34. The number of carbonyl (C=O) groups excluding carboxylic acids is 1. The Balaban J connectivity index is 2.54. The van der Waals surface area contributed by atoms with Gasteiger partial charge in [0.1, 0.15) is 5.75 Å². The van der Waals surface area contributed by atoms with Crippen LogP contribution in [0.2, 0.25) is 0 Å². The smallest absolute Gasteiger partial charge is 0.321 e. The molecule has 0 aliphatic carbocycles. The molecule has 4 nitrogen and oxygen atoms in total. The summed E-state index contributed by atoms with van der Waals surface area (Å²) in [5, 5.41) is 2.83. The molecule has 0 saturated carbocycles. The Labute approximate surface area is 103 Å². The summed E-state index contributed by atoms with van der Waals surface area (Å²) in [4.78, 5) is 13.5. The number of hydrogen-bond acceptors (Lipinski definition) is 2. The van der Waals surface area contributed by atoms with Crippen LogP contribution < -0.4 is 10.1 Å². The number of unbranched alkanes of at least 4 members (excludes halogenated alkanes) is 1. The van der Waals surface area contributed by atoms with Crippen LogP contribution in [-0.2, 0) is 0 Å². The van der Waals surface area contributed by atoms with Crippen molar-refractivity contribution in [1.29, 1.82) is 0 Å². The number of ether oxygens (including phenoxy) is 1. The number of benzene rings is 1. The van der Waals surface area contributed by atoms with Crippen LogP contribution in [0.15, 0.2) is 24.3 Å². The summed E-state index contributed by atoms with van der Waals surface area (Å²) in [5.74, 6) is 0.735. The van der Waals surface area contributed by atoms with Crippen molar-refractivity contribution in [2.75, 3.05) is 26.0 Å². The first-order valence-electron chi connectivity index (χ1n) is 5.83. The number of urea groups is 1. The zero-order chi connectivity index (χ0) is 12.7. The maximum atomic E-state index is 11.8. The van der Waals surface area contributed by atoms with Gasteiger partial charge in [-0.1, -0.05) is 19.4 Å². The van der Waals surface area contributed by atoms with Gasteiger partial charge in [0.25, 0.3) is 0 Å². The average molecular weight is 236 g/mol. The molecule has 0 radical (unpaired) electrons. The summed E-state index contributed by atoms with van der Waals surface area (Å²) in [7, 11) is 3.40. The molecule has 0 heterocycles. The van der Waals surface area contributed by atoms with Crippen molar-refractivity contribution in [2.45, 2.75) is 19.8 Å². The number of hydrogen-bond donors (Lipinski definition) is 1. The van der Waals surface area contributed by atoms with Crippen molar-refractivity contribution in [1.82, 2.24) is 4.90 Å². The minimum Gasteiger partial charge on any atom is -0.497 e. The number of amides is 2. The lowest BCUT2D eigenvalue weighted by Crippen LogP contribution is -2.32. The van der Waals surface area contributed by atoms with E-state index in [4.69, 9.17) is 4.74 Å². The number of anilines is 1. The van der Waals surface area contributed by atoms with Crippen molar-refractivity contribution in [3.8, 4) is 5.75 Å². The summed E-state index contributed by atoms with van der Waals surface area (Å²) in [6.45, 7) is 2.88. The summed E-state index contributed by atoms with van der Waals surface area (Å²) in [5.41, 5.74) is 0.748. The molecule has 0 unspecified atom stereocenters. The van der Waals surface area contributed by atoms with Crippen LogP contribution in [0.5, 0.6) is 5.75 Å². The van der Waals surface area contributed by atoms with Gasteiger partial charge in [-0.3, -0.25) is 0 Å². The van der Waals surface area contributed by atoms with Crippen LogP contribution >= 0.6 is 0 Å². The van der Waals surface area contributed by atoms with Gasteiger partial charge in [0.2, 0.25) is 0 Å². The summed E-state index contributed by atoms with van der Waals surface area (Å²) >= 11 is 0. The van der Waals surface area contributed by atoms with Crippen LogP contribution in [0.3, 0.4) is 0 Å². The van der Waals surface area contributed by atoms with E-state index in [1.807, 2.05) is 18.2 Å². The number of carbonyl (C=O) groups is 1. The van der Waals surface area contributed by atoms with Gasteiger partial charge >= 0.3 is 6.03 Å². The molecule has 0 aromatic heterocycles. The molecule has 0 atom stereocenters. The van der Waals surface area contributed by atoms with Crippen LogP contribution in [0.4, 0.5) is 10.5 Å². The van der Waals surface area contributed by atoms with Gasteiger partial charge in [-0.15, -0.1) is 0 Å². The van der Waals surface area contributed by atoms with Crippen molar-refractivity contribution >= 4 is 11.7 Å². The molecule has 0 fully saturated rings. The number of methoxy groups -OCH3 is 1. The molecule has 0 bridgehead atoms. The highest BCUT2D eigenvalue weighted by Gasteiger charge is 2.07. The molecule has 94 valence electrons. The zero-order valence-corrected chi connectivity index (χ0v) is 10.7. The molecular formula is C13H20N2O2. The predicted octanol–water partition coefficient (Wildman–Crippen LogP) is 2.96. The van der Waals surface area contributed by atoms with Gasteiger partial charge in [-0.05, 0) is 18.6 Å². The van der Waals surface area contributed by atoms with E-state index in [0.717, 1.165) is 30.8 Å². The molecule has 17 heavy (non-hydrogen) atoms. The quantitative estimate of drug-likeness (QED) is 0.854. The van der Waals surface area contributed by atoms with E-state index in [0.29, 0.717) is 0 Å². The Bertz CT molecular complexity index is 366. The first-order valence-corrected chi connectivity index (χ1v) is 5.83. The molecule has 1 rings (SSSR count). The molecule has 0 spiro atoms. The SMILES string of the molecule is CCCCN(C)C(=O)Nc1cccc(OC)c1. The van der Waals surface area contributed by atoms with Crippen molar-refractivity contribution in [2.24, 2.45) is 0 Å². The third-order valence-corrected chi connectivity index (χ3v) is 2.51. The Morgan fingerprint density at radius 1 is 1.47 bits per heavy atom. The van der Waals surface area contributed by atoms with E-state index in [-0.39, 0.29) is 6.03 Å². The van der Waals surface area contributed by atoms with Crippen LogP contribution in [0.25, 0.3) is 0 Å². The van der Waals surface area contributed by atoms with Gasteiger partial charge in [0, 0.05) is 25.3 Å². The normalized spacial score (nSPS) is 9.82. The highest BCUT2D eigenvalue weighted by atomic mass is 16.5. The second-order valence-corrected chi connectivity index (χ2v) is 3.94. The lowest BCUT2D eigenvalue weighted by Gasteiger charge is -2.17. The summed E-state index contributed by atoms with van der Waals surface area (Å²) in [6, 6.07) is 7.24. The molecule has 4 heteroatoms. The number of nitrogens with one attached hydrogen (secondary N) is 1. The lowest BCUT2D eigenvalue weighted by molar-refractivity contribution is 0.222. The average Bonchev–Trinajstić information content (AvgIpc) is 2.36. The fourth-order valence-corrected chi connectivity index (χ4v) is 1.42. The van der Waals surface area contributed by atoms with Gasteiger partial charge in [-0.25, -0.2) is 4.79 Å². The van der Waals surface area contributed by atoms with Gasteiger partial charge in [-0.2, -0.15) is 0 Å². The van der Waals surface area contributed by atoms with Crippen LogP contribution in [-0.4, -0.2) is 31.6 Å². The predicted molar refractivity (Wildman–Crippen MR) is 69.6 cm³/mol. The zero-order valence-electron chi connectivity index (χ0n) is 10.7. The standard InChI is InChI=1S/C13H20N2O2/c1-4-5-9-15(2)13(16)14-11-7-6-8-12(10-11)17-3/h6-8,10H,4-5,9H2,1-3H3,(H,14,16). The molecule has 1 N–H and O–H groups in total. The van der Waals surface area contributed by atoms with E-state index in [1.165, 1.54) is 0 Å². The Morgan fingerprint density at radius 3 is 2.88 bits per heavy atom. The topological polar surface area (TPSA) is 41.6 Å². The Hall–Kier alpha value is -1.71. The third-order valence-electron chi connectivity index (χ3n) is 2.51. The van der Waals surface area contributed by atoms with Gasteiger partial charge < -0.3 is 15.0 Å². The van der Waals surface area contributed by atoms with Gasteiger partial charge in [0.15, 0.2) is 0 Å². The van der Waals surface area contributed by atoms with Crippen LogP contribution in [0.1, 0.15) is 19.8 Å². The highest BCUT2D eigenvalue weighted by Crippen LogP contribution is 2.16. The molecule has 2 amide bonds. The molecular weight excluding hydrogens is 216 g/mol. The summed E-state index contributed by atoms with van der Waals surface area (Å²) < 4.78 is 5.10. The minimum atomic E-state index is -0.0910. The van der Waals surface area contributed by atoms with E-state index >= 15 is 0 Å². The molecule has 0 aliphatic heterocycles. The number of rotatable bonds is 5. The van der Waals surface area contributed by atoms with Crippen molar-refractivity contribution in [3.05, 3.63) is 24.3 Å². The molecule has 0 saturated heterocycles. The molecule has 1 aromatic carbocycles. The Morgan fingerprint density at radius 2 is 2.24 bits per heavy atom. The van der Waals surface area contributed by atoms with E-state index in [2.05, 4.69) is 12.2 Å². The highest BCUT2D eigenvalue weighted by molar-refractivity contribution is 5.89. The largest absolute Gasteiger partial charge is 0.497 e. The maximum Gasteiger partial charge on any atom is 0.321 e. The molecule has 0 aliphatic rings. The summed E-state index contributed by atoms with van der Waals surface area (Å²) in [6.07, 6.45) is 2.10.